The Morgan fingerprint density at radius 1 is 1.04 bits per heavy atom. The van der Waals surface area contributed by atoms with Crippen LogP contribution in [0, 0.1) is 5.41 Å². The Balaban J connectivity index is 1.09. The van der Waals surface area contributed by atoms with Gasteiger partial charge in [-0.25, -0.2) is 14.5 Å². The van der Waals surface area contributed by atoms with Crippen LogP contribution in [-0.4, -0.2) is 69.1 Å². The number of fused-ring (bicyclic) bond motifs is 1. The lowest BCUT2D eigenvalue weighted by molar-refractivity contribution is -0.0365. The van der Waals surface area contributed by atoms with Crippen LogP contribution in [0.15, 0.2) is 48.9 Å². The Morgan fingerprint density at radius 2 is 1.79 bits per heavy atom. The van der Waals surface area contributed by atoms with E-state index >= 15 is 0 Å². The van der Waals surface area contributed by atoms with E-state index in [0.29, 0.717) is 21.4 Å². The van der Waals surface area contributed by atoms with Gasteiger partial charge < -0.3 is 24.0 Å². The summed E-state index contributed by atoms with van der Waals surface area (Å²) in [7, 11) is 0. The molecule has 2 atom stereocenters. The molecule has 3 aliphatic rings. The third kappa shape index (κ3) is 6.67. The molecule has 7 rings (SSSR count). The quantitative estimate of drug-likeness (QED) is 0.199. The van der Waals surface area contributed by atoms with Gasteiger partial charge in [0.1, 0.15) is 29.0 Å². The van der Waals surface area contributed by atoms with Crippen molar-refractivity contribution in [2.45, 2.75) is 77.7 Å². The lowest BCUT2D eigenvalue weighted by Crippen LogP contribution is -2.61. The average molecular weight is 694 g/mol. The highest BCUT2D eigenvalue weighted by molar-refractivity contribution is 6.35. The lowest BCUT2D eigenvalue weighted by atomic mass is 9.72. The molecule has 3 saturated heterocycles. The molecule has 0 saturated carbocycles. The van der Waals surface area contributed by atoms with Gasteiger partial charge in [-0.15, -0.1) is 0 Å². The summed E-state index contributed by atoms with van der Waals surface area (Å²) in [5, 5.41) is 6.98. The maximum absolute atomic E-state index is 12.5. The molecule has 10 nitrogen and oxygen atoms in total. The van der Waals surface area contributed by atoms with Gasteiger partial charge in [0.15, 0.2) is 6.23 Å². The first-order chi connectivity index (χ1) is 23.0. The lowest BCUT2D eigenvalue weighted by Gasteiger charge is -2.54. The second-order valence-corrected chi connectivity index (χ2v) is 15.1. The van der Waals surface area contributed by atoms with Gasteiger partial charge in [-0.3, -0.25) is 4.98 Å². The molecule has 3 fully saturated rings. The molecule has 0 radical (unpaired) electrons. The van der Waals surface area contributed by atoms with Crippen LogP contribution in [0.3, 0.4) is 0 Å². The molecular formula is C36H42Cl2N6O4. The SMILES string of the molecule is C[C@@H](Oc1ccc2c(c1)c(-c1ccc(N3CC4(CCN(C(=O)OC(C)(C)C)CC4)C3)nc1)nn2C1CCCCO1)c1c(Cl)cncc1Cl. The second-order valence-electron chi connectivity index (χ2n) is 14.3. The third-order valence-electron chi connectivity index (χ3n) is 9.59. The zero-order valence-electron chi connectivity index (χ0n) is 27.9. The van der Waals surface area contributed by atoms with Gasteiger partial charge in [0.2, 0.25) is 0 Å². The number of halogens is 2. The summed E-state index contributed by atoms with van der Waals surface area (Å²) in [6, 6.07) is 10.2. The van der Waals surface area contributed by atoms with E-state index in [1.165, 1.54) is 0 Å². The van der Waals surface area contributed by atoms with Gasteiger partial charge in [0, 0.05) is 73.3 Å². The van der Waals surface area contributed by atoms with Crippen molar-refractivity contribution in [1.82, 2.24) is 24.6 Å². The van der Waals surface area contributed by atoms with Crippen molar-refractivity contribution in [1.29, 1.82) is 0 Å². The highest BCUT2D eigenvalue weighted by Gasteiger charge is 2.46. The van der Waals surface area contributed by atoms with Crippen LogP contribution in [-0.2, 0) is 9.47 Å². The average Bonchev–Trinajstić information content (AvgIpc) is 3.42. The van der Waals surface area contributed by atoms with Crippen LogP contribution >= 0.6 is 23.2 Å². The van der Waals surface area contributed by atoms with E-state index in [4.69, 9.17) is 47.5 Å². The number of anilines is 1. The Bertz CT molecular complexity index is 1760. The third-order valence-corrected chi connectivity index (χ3v) is 10.2. The summed E-state index contributed by atoms with van der Waals surface area (Å²) in [4.78, 5) is 25.7. The molecule has 254 valence electrons. The molecule has 12 heteroatoms. The van der Waals surface area contributed by atoms with Gasteiger partial charge in [0.25, 0.3) is 0 Å². The number of benzene rings is 1. The van der Waals surface area contributed by atoms with E-state index in [1.54, 1.807) is 12.4 Å². The number of carbonyl (C=O) groups excluding carboxylic acids is 1. The van der Waals surface area contributed by atoms with Crippen LogP contribution < -0.4 is 9.64 Å². The van der Waals surface area contributed by atoms with Crippen LogP contribution in [0.25, 0.3) is 22.2 Å². The molecule has 0 N–H and O–H groups in total. The van der Waals surface area contributed by atoms with Crippen LogP contribution in [0.4, 0.5) is 10.6 Å². The van der Waals surface area contributed by atoms with Gasteiger partial charge in [0.05, 0.1) is 15.6 Å². The summed E-state index contributed by atoms with van der Waals surface area (Å²) in [5.41, 5.74) is 3.15. The van der Waals surface area contributed by atoms with Crippen LogP contribution in [0.5, 0.6) is 5.75 Å². The fraction of sp³-hybridized carbons (Fsp3) is 0.500. The van der Waals surface area contributed by atoms with Crippen molar-refractivity contribution in [3.63, 3.8) is 0 Å². The maximum Gasteiger partial charge on any atom is 0.410 e. The normalized spacial score (nSPS) is 20.1. The highest BCUT2D eigenvalue weighted by atomic mass is 35.5. The number of piperidine rings is 1. The molecule has 1 amide bonds. The molecule has 48 heavy (non-hydrogen) atoms. The van der Waals surface area contributed by atoms with Crippen molar-refractivity contribution in [3.05, 3.63) is 64.5 Å². The van der Waals surface area contributed by atoms with Crippen molar-refractivity contribution >= 4 is 46.0 Å². The largest absolute Gasteiger partial charge is 0.486 e. The predicted molar refractivity (Wildman–Crippen MR) is 187 cm³/mol. The van der Waals surface area contributed by atoms with Crippen molar-refractivity contribution in [2.75, 3.05) is 37.7 Å². The molecule has 3 aliphatic heterocycles. The van der Waals surface area contributed by atoms with Crippen molar-refractivity contribution < 1.29 is 19.0 Å². The van der Waals surface area contributed by atoms with Gasteiger partial charge >= 0.3 is 6.09 Å². The number of hydrogen-bond donors (Lipinski definition) is 0. The first-order valence-electron chi connectivity index (χ1n) is 16.8. The molecule has 6 heterocycles. The summed E-state index contributed by atoms with van der Waals surface area (Å²) < 4.78 is 20.1. The van der Waals surface area contributed by atoms with Crippen molar-refractivity contribution in [2.24, 2.45) is 5.41 Å². The Hall–Kier alpha value is -3.60. The second kappa shape index (κ2) is 13.0. The molecule has 0 bridgehead atoms. The summed E-state index contributed by atoms with van der Waals surface area (Å²) in [6.07, 6.45) is 9.33. The van der Waals surface area contributed by atoms with Gasteiger partial charge in [-0.05, 0) is 90.1 Å². The summed E-state index contributed by atoms with van der Waals surface area (Å²) in [6.45, 7) is 11.7. The number of likely N-dealkylation sites (tertiary alicyclic amines) is 1. The van der Waals surface area contributed by atoms with E-state index in [1.807, 2.05) is 61.7 Å². The minimum absolute atomic E-state index is 0.124. The van der Waals surface area contributed by atoms with E-state index in [-0.39, 0.29) is 17.7 Å². The van der Waals surface area contributed by atoms with E-state index < -0.39 is 11.7 Å². The predicted octanol–water partition coefficient (Wildman–Crippen LogP) is 8.48. The number of nitrogens with zero attached hydrogens (tertiary/aromatic N) is 6. The standard InChI is InChI=1S/C36H42Cl2N6O4/c1-23(32-27(37)19-39-20-28(32)38)47-25-9-10-29-26(17-25)33(41-44(29)31-7-5-6-16-46-31)24-8-11-30(40-18-24)43-21-36(22-43)12-14-42(15-13-36)34(45)48-35(2,3)4/h8-11,17-20,23,31H,5-7,12-16,21-22H2,1-4H3/t23-,31?/m1/s1. The molecule has 1 spiro atoms. The monoisotopic (exact) mass is 692 g/mol. The molecule has 3 aromatic heterocycles. The Labute approximate surface area is 291 Å². The fourth-order valence-electron chi connectivity index (χ4n) is 7.06. The van der Waals surface area contributed by atoms with Crippen molar-refractivity contribution in [3.8, 4) is 17.0 Å². The van der Waals surface area contributed by atoms with E-state index in [0.717, 1.165) is 92.9 Å². The van der Waals surface area contributed by atoms with Crippen LogP contribution in [0.1, 0.15) is 77.7 Å². The number of rotatable bonds is 6. The molecule has 0 aliphatic carbocycles. The number of pyridine rings is 2. The fourth-order valence-corrected chi connectivity index (χ4v) is 7.73. The van der Waals surface area contributed by atoms with E-state index in [9.17, 15) is 4.79 Å². The Morgan fingerprint density at radius 3 is 2.44 bits per heavy atom. The minimum atomic E-state index is -0.482. The number of ether oxygens (including phenoxy) is 3. The summed E-state index contributed by atoms with van der Waals surface area (Å²) in [5.74, 6) is 1.62. The molecule has 1 unspecified atom stereocenters. The van der Waals surface area contributed by atoms with E-state index in [2.05, 4.69) is 22.0 Å². The number of aromatic nitrogens is 4. The topological polar surface area (TPSA) is 94.8 Å². The number of carbonyl (C=O) groups is 1. The van der Waals surface area contributed by atoms with Gasteiger partial charge in [-0.1, -0.05) is 23.2 Å². The number of hydrogen-bond acceptors (Lipinski definition) is 8. The molecular weight excluding hydrogens is 651 g/mol. The zero-order valence-corrected chi connectivity index (χ0v) is 29.4. The highest BCUT2D eigenvalue weighted by Crippen LogP contribution is 2.43. The van der Waals surface area contributed by atoms with Crippen LogP contribution in [0.2, 0.25) is 10.0 Å². The maximum atomic E-state index is 12.5. The smallest absolute Gasteiger partial charge is 0.410 e. The number of amides is 1. The zero-order chi connectivity index (χ0) is 33.6. The molecule has 4 aromatic rings. The van der Waals surface area contributed by atoms with Gasteiger partial charge in [-0.2, -0.15) is 5.10 Å². The summed E-state index contributed by atoms with van der Waals surface area (Å²) >= 11 is 12.9. The Kier molecular flexibility index (Phi) is 8.93. The first-order valence-corrected chi connectivity index (χ1v) is 17.5. The minimum Gasteiger partial charge on any atom is -0.486 e. The first kappa shape index (κ1) is 32.9. The molecule has 1 aromatic carbocycles.